The van der Waals surface area contributed by atoms with Crippen molar-refractivity contribution in [1.29, 1.82) is 0 Å². The van der Waals surface area contributed by atoms with E-state index in [0.717, 1.165) is 0 Å². The molecule has 0 spiro atoms. The summed E-state index contributed by atoms with van der Waals surface area (Å²) in [6, 6.07) is 0. The third-order valence-electron chi connectivity index (χ3n) is 0.590. The Morgan fingerprint density at radius 2 is 1.75 bits per heavy atom. The fraction of sp³-hybridized carbons (Fsp3) is 0.250. The molecule has 70 valence electrons. The average molecular weight is 182 g/mol. The Bertz CT molecular complexity index is 138. The van der Waals surface area contributed by atoms with E-state index in [-0.39, 0.29) is 5.97 Å². The number of cyclic esters (lactones) is 1. The second kappa shape index (κ2) is 8.07. The number of hydrogen-bond acceptors (Lipinski definition) is 8. The minimum Gasteiger partial charge on any atom is -0.431 e. The van der Waals surface area contributed by atoms with Gasteiger partial charge in [-0.3, -0.25) is 0 Å². The van der Waals surface area contributed by atoms with E-state index < -0.39 is 6.79 Å². The fourth-order valence-corrected chi connectivity index (χ4v) is 0.186. The van der Waals surface area contributed by atoms with Gasteiger partial charge in [-0.05, 0) is 0 Å². The zero-order chi connectivity index (χ0) is 9.23. The summed E-state index contributed by atoms with van der Waals surface area (Å²) in [6.07, 6.45) is 2.71. The molecule has 0 unspecified atom stereocenters. The van der Waals surface area contributed by atoms with Crippen LogP contribution in [0.1, 0.15) is 0 Å². The van der Waals surface area contributed by atoms with Gasteiger partial charge in [0.15, 0.2) is 0 Å². The Balaban J connectivity index is 0.000000211. The molecule has 0 aliphatic carbocycles. The Labute approximate surface area is 66.2 Å². The highest BCUT2D eigenvalue weighted by Gasteiger charge is 1.99. The molecule has 0 saturated heterocycles. The lowest BCUT2D eigenvalue weighted by Crippen LogP contribution is -2.01. The Morgan fingerprint density at radius 3 is 1.92 bits per heavy atom. The summed E-state index contributed by atoms with van der Waals surface area (Å²) < 4.78 is 4.11. The van der Waals surface area contributed by atoms with Gasteiger partial charge >= 0.3 is 5.97 Å². The van der Waals surface area contributed by atoms with Crippen LogP contribution in [0.3, 0.4) is 0 Å². The SMILES string of the molecule is O=C1C=CO1.OOOCOOO. The zero-order valence-electron chi connectivity index (χ0n) is 5.71. The van der Waals surface area contributed by atoms with Gasteiger partial charge in [-0.1, -0.05) is 10.1 Å². The minimum atomic E-state index is -0.507. The van der Waals surface area contributed by atoms with Crippen molar-refractivity contribution in [3.8, 4) is 0 Å². The molecule has 0 aromatic rings. The van der Waals surface area contributed by atoms with Crippen molar-refractivity contribution in [2.75, 3.05) is 6.79 Å². The van der Waals surface area contributed by atoms with Crippen LogP contribution in [-0.2, 0) is 29.4 Å². The first-order valence-electron chi connectivity index (χ1n) is 2.54. The van der Waals surface area contributed by atoms with Gasteiger partial charge in [0.2, 0.25) is 6.79 Å². The molecule has 0 aromatic heterocycles. The van der Waals surface area contributed by atoms with Crippen molar-refractivity contribution in [2.24, 2.45) is 0 Å². The molecular formula is C4H6O8. The van der Waals surface area contributed by atoms with Crippen molar-refractivity contribution in [3.05, 3.63) is 12.3 Å². The number of ether oxygens (including phenoxy) is 1. The van der Waals surface area contributed by atoms with Crippen LogP contribution in [0.4, 0.5) is 0 Å². The summed E-state index contributed by atoms with van der Waals surface area (Å²) in [4.78, 5) is 16.8. The highest BCUT2D eigenvalue weighted by atomic mass is 17.5. The van der Waals surface area contributed by atoms with Crippen LogP contribution >= 0.6 is 0 Å². The lowest BCUT2D eigenvalue weighted by Gasteiger charge is -1.96. The van der Waals surface area contributed by atoms with Crippen molar-refractivity contribution >= 4 is 5.97 Å². The highest BCUT2D eigenvalue weighted by Crippen LogP contribution is 1.91. The van der Waals surface area contributed by atoms with Gasteiger partial charge in [0.25, 0.3) is 0 Å². The normalized spacial score (nSPS) is 12.7. The number of carbonyl (C=O) groups is 1. The van der Waals surface area contributed by atoms with Gasteiger partial charge in [-0.25, -0.2) is 15.3 Å². The lowest BCUT2D eigenvalue weighted by molar-refractivity contribution is -0.574. The molecule has 1 heterocycles. The lowest BCUT2D eigenvalue weighted by atomic mass is 10.6. The van der Waals surface area contributed by atoms with E-state index in [0.29, 0.717) is 0 Å². The molecule has 0 fully saturated rings. The van der Waals surface area contributed by atoms with Gasteiger partial charge in [-0.2, -0.15) is 9.78 Å². The fourth-order valence-electron chi connectivity index (χ4n) is 0.186. The molecule has 0 atom stereocenters. The topological polar surface area (TPSA) is 104 Å². The third-order valence-corrected chi connectivity index (χ3v) is 0.590. The largest absolute Gasteiger partial charge is 0.431 e. The van der Waals surface area contributed by atoms with Crippen LogP contribution in [0.2, 0.25) is 0 Å². The standard InChI is InChI=1S/C3H2O2.CH4O6/c4-3-1-2-5-3;2-6-4-1-5-7-3/h1-2H;2-3H,1H2. The molecule has 0 radical (unpaired) electrons. The van der Waals surface area contributed by atoms with Gasteiger partial charge in [0, 0.05) is 0 Å². The maximum atomic E-state index is 9.59. The zero-order valence-corrected chi connectivity index (χ0v) is 5.71. The molecular weight excluding hydrogens is 176 g/mol. The Morgan fingerprint density at radius 1 is 1.33 bits per heavy atom. The number of rotatable bonds is 4. The summed E-state index contributed by atoms with van der Waals surface area (Å²) in [7, 11) is 0. The third kappa shape index (κ3) is 7.08. The van der Waals surface area contributed by atoms with Crippen molar-refractivity contribution in [2.45, 2.75) is 0 Å². The van der Waals surface area contributed by atoms with E-state index in [1.165, 1.54) is 12.3 Å². The summed E-state index contributed by atoms with van der Waals surface area (Å²) in [5, 5.41) is 20.8. The van der Waals surface area contributed by atoms with Crippen LogP contribution in [-0.4, -0.2) is 23.3 Å². The van der Waals surface area contributed by atoms with Crippen LogP contribution in [0.25, 0.3) is 0 Å². The molecule has 0 aromatic carbocycles. The molecule has 1 aliphatic rings. The van der Waals surface area contributed by atoms with Crippen LogP contribution in [0, 0.1) is 0 Å². The Kier molecular flexibility index (Phi) is 7.38. The quantitative estimate of drug-likeness (QED) is 0.203. The second-order valence-corrected chi connectivity index (χ2v) is 1.24. The van der Waals surface area contributed by atoms with Crippen LogP contribution in [0.15, 0.2) is 12.3 Å². The number of hydrogen-bond donors (Lipinski definition) is 2. The highest BCUT2D eigenvalue weighted by molar-refractivity contribution is 5.86. The van der Waals surface area contributed by atoms with E-state index in [4.69, 9.17) is 10.5 Å². The molecule has 1 aliphatic heterocycles. The predicted octanol–water partition coefficient (Wildman–Crippen LogP) is -0.157. The van der Waals surface area contributed by atoms with Crippen LogP contribution < -0.4 is 0 Å². The first-order chi connectivity index (χ1) is 5.81. The first-order valence-corrected chi connectivity index (χ1v) is 2.54. The van der Waals surface area contributed by atoms with Gasteiger partial charge in [0.05, 0.1) is 6.08 Å². The molecule has 0 saturated carbocycles. The van der Waals surface area contributed by atoms with E-state index in [9.17, 15) is 4.79 Å². The van der Waals surface area contributed by atoms with Crippen LogP contribution in [0.5, 0.6) is 0 Å². The summed E-state index contributed by atoms with van der Waals surface area (Å²) in [5.41, 5.74) is 0. The summed E-state index contributed by atoms with van der Waals surface area (Å²) in [5.74, 6) is -0.245. The molecule has 1 rings (SSSR count). The summed E-state index contributed by atoms with van der Waals surface area (Å²) >= 11 is 0. The Hall–Kier alpha value is -1.03. The number of carbonyl (C=O) groups excluding carboxylic acids is 1. The maximum absolute atomic E-state index is 9.59. The molecule has 0 bridgehead atoms. The van der Waals surface area contributed by atoms with Gasteiger partial charge < -0.3 is 4.74 Å². The maximum Gasteiger partial charge on any atom is 0.338 e. The van der Waals surface area contributed by atoms with E-state index in [2.05, 4.69) is 24.6 Å². The van der Waals surface area contributed by atoms with Crippen molar-refractivity contribution < 1.29 is 39.9 Å². The molecule has 0 amide bonds. The van der Waals surface area contributed by atoms with Gasteiger partial charge in [0.1, 0.15) is 6.26 Å². The molecule has 8 nitrogen and oxygen atoms in total. The minimum absolute atomic E-state index is 0.245. The van der Waals surface area contributed by atoms with E-state index in [1.807, 2.05) is 0 Å². The van der Waals surface area contributed by atoms with Crippen molar-refractivity contribution in [1.82, 2.24) is 0 Å². The first kappa shape index (κ1) is 11.0. The molecule has 12 heavy (non-hydrogen) atoms. The predicted molar refractivity (Wildman–Crippen MR) is 29.7 cm³/mol. The van der Waals surface area contributed by atoms with Crippen molar-refractivity contribution in [3.63, 3.8) is 0 Å². The smallest absolute Gasteiger partial charge is 0.338 e. The van der Waals surface area contributed by atoms with Gasteiger partial charge in [-0.15, -0.1) is 0 Å². The molecule has 2 N–H and O–H groups in total. The second-order valence-electron chi connectivity index (χ2n) is 1.24. The monoisotopic (exact) mass is 182 g/mol. The number of esters is 1. The summed E-state index contributed by atoms with van der Waals surface area (Å²) in [6.45, 7) is -0.507. The average Bonchev–Trinajstić information content (AvgIpc) is 2.03. The van der Waals surface area contributed by atoms with E-state index >= 15 is 0 Å². The van der Waals surface area contributed by atoms with E-state index in [1.54, 1.807) is 0 Å². The molecule has 8 heteroatoms.